The maximum Gasteiger partial charge on any atom is 0.274 e. The van der Waals surface area contributed by atoms with E-state index in [1.807, 2.05) is 45.0 Å². The van der Waals surface area contributed by atoms with Crippen molar-refractivity contribution in [2.75, 3.05) is 5.73 Å². The molecule has 3 aromatic rings. The number of nitrogens with two attached hydrogens (primary N) is 1. The summed E-state index contributed by atoms with van der Waals surface area (Å²) in [5.74, 6) is -0.354. The number of nitrogen functional groups attached to an aromatic ring is 1. The Labute approximate surface area is 182 Å². The third kappa shape index (κ3) is 4.35. The highest BCUT2D eigenvalue weighted by atomic mass is 79.9. The van der Waals surface area contributed by atoms with Crippen LogP contribution in [0.4, 0.5) is 5.69 Å². The van der Waals surface area contributed by atoms with Gasteiger partial charge in [0.15, 0.2) is 5.69 Å². The molecule has 0 aliphatic heterocycles. The number of amides is 1. The van der Waals surface area contributed by atoms with Crippen molar-refractivity contribution < 1.29 is 4.79 Å². The van der Waals surface area contributed by atoms with Crippen molar-refractivity contribution in [2.24, 2.45) is 0 Å². The Morgan fingerprint density at radius 2 is 1.79 bits per heavy atom. The number of hydrogen-bond donors (Lipinski definition) is 2. The van der Waals surface area contributed by atoms with Gasteiger partial charge in [0.05, 0.1) is 22.1 Å². The monoisotopic (exact) mass is 480 g/mol. The number of nitrogens with one attached hydrogen (secondary N) is 1. The number of benzene rings is 2. The molecule has 0 aliphatic carbocycles. The van der Waals surface area contributed by atoms with Gasteiger partial charge in [0.2, 0.25) is 0 Å². The van der Waals surface area contributed by atoms with Crippen molar-refractivity contribution in [2.45, 2.75) is 26.3 Å². The molecule has 146 valence electrons. The number of rotatable bonds is 3. The van der Waals surface area contributed by atoms with Crippen molar-refractivity contribution in [1.82, 2.24) is 15.1 Å². The van der Waals surface area contributed by atoms with Crippen LogP contribution in [0.2, 0.25) is 10.0 Å². The first-order chi connectivity index (χ1) is 13.1. The van der Waals surface area contributed by atoms with Crippen molar-refractivity contribution in [1.29, 1.82) is 0 Å². The van der Waals surface area contributed by atoms with E-state index in [9.17, 15) is 4.79 Å². The molecule has 0 fully saturated rings. The van der Waals surface area contributed by atoms with Crippen LogP contribution >= 0.6 is 39.1 Å². The molecule has 0 atom stereocenters. The number of anilines is 1. The van der Waals surface area contributed by atoms with E-state index in [4.69, 9.17) is 28.9 Å². The number of carbonyl (C=O) groups excluding carboxylic acids is 1. The average Bonchev–Trinajstić information content (AvgIpc) is 2.91. The van der Waals surface area contributed by atoms with E-state index in [2.05, 4.69) is 26.3 Å². The molecule has 0 aliphatic rings. The Morgan fingerprint density at radius 3 is 2.36 bits per heavy atom. The second-order valence-electron chi connectivity index (χ2n) is 7.33. The zero-order chi connectivity index (χ0) is 20.6. The predicted molar refractivity (Wildman–Crippen MR) is 118 cm³/mol. The first-order valence-corrected chi connectivity index (χ1v) is 10.0. The molecule has 0 saturated carbocycles. The van der Waals surface area contributed by atoms with E-state index in [0.717, 1.165) is 10.0 Å². The molecular weight excluding hydrogens is 463 g/mol. The van der Waals surface area contributed by atoms with Gasteiger partial charge in [0.1, 0.15) is 0 Å². The zero-order valence-corrected chi connectivity index (χ0v) is 18.7. The van der Waals surface area contributed by atoms with Crippen molar-refractivity contribution >= 4 is 50.7 Å². The molecule has 5 nitrogen and oxygen atoms in total. The lowest BCUT2D eigenvalue weighted by Gasteiger charge is -2.19. The van der Waals surface area contributed by atoms with Gasteiger partial charge >= 0.3 is 0 Å². The minimum Gasteiger partial charge on any atom is -0.395 e. The minimum absolute atomic E-state index is 0.138. The molecular formula is C20H19BrCl2N4O. The Kier molecular flexibility index (Phi) is 5.75. The molecule has 3 N–H and O–H groups in total. The van der Waals surface area contributed by atoms with Crippen LogP contribution in [-0.4, -0.2) is 21.2 Å². The maximum atomic E-state index is 12.8. The molecule has 1 amide bonds. The minimum atomic E-state index is -0.428. The zero-order valence-electron chi connectivity index (χ0n) is 15.6. The Bertz CT molecular complexity index is 1040. The van der Waals surface area contributed by atoms with Gasteiger partial charge in [-0.15, -0.1) is 0 Å². The predicted octanol–water partition coefficient (Wildman–Crippen LogP) is 5.72. The van der Waals surface area contributed by atoms with Gasteiger partial charge in [-0.25, -0.2) is 4.68 Å². The fourth-order valence-electron chi connectivity index (χ4n) is 2.71. The topological polar surface area (TPSA) is 72.9 Å². The molecule has 0 spiro atoms. The summed E-state index contributed by atoms with van der Waals surface area (Å²) < 4.78 is 2.42. The van der Waals surface area contributed by atoms with E-state index in [1.54, 1.807) is 22.9 Å². The number of halogens is 3. The molecule has 0 radical (unpaired) electrons. The molecule has 1 heterocycles. The number of aromatic nitrogens is 2. The maximum absolute atomic E-state index is 12.8. The summed E-state index contributed by atoms with van der Waals surface area (Å²) in [5, 5.41) is 8.46. The van der Waals surface area contributed by atoms with Crippen LogP contribution in [0.5, 0.6) is 0 Å². The fraction of sp³-hybridized carbons (Fsp3) is 0.200. The molecule has 8 heteroatoms. The largest absolute Gasteiger partial charge is 0.395 e. The summed E-state index contributed by atoms with van der Waals surface area (Å²) in [4.78, 5) is 12.8. The molecule has 1 aromatic heterocycles. The number of nitrogens with zero attached hydrogens (tertiary/aromatic N) is 2. The highest BCUT2D eigenvalue weighted by Gasteiger charge is 2.26. The summed E-state index contributed by atoms with van der Waals surface area (Å²) >= 11 is 15.9. The second kappa shape index (κ2) is 7.78. The molecule has 2 aromatic carbocycles. The Hall–Kier alpha value is -2.02. The van der Waals surface area contributed by atoms with Crippen LogP contribution in [0.3, 0.4) is 0 Å². The van der Waals surface area contributed by atoms with Gasteiger partial charge < -0.3 is 11.1 Å². The lowest BCUT2D eigenvalue weighted by Crippen LogP contribution is -2.41. The SMILES string of the molecule is CC(C)(C)NC(=O)c1nn(-c2ccc(Br)cc2Cl)c(-c2ccc(Cl)cc2)c1N. The van der Waals surface area contributed by atoms with Gasteiger partial charge in [0.25, 0.3) is 5.91 Å². The van der Waals surface area contributed by atoms with E-state index >= 15 is 0 Å². The average molecular weight is 482 g/mol. The standard InChI is InChI=1S/C20H19BrCl2N4O/c1-20(2,3)25-19(28)17-16(24)18(11-4-7-13(22)8-5-11)27(26-17)15-9-6-12(21)10-14(15)23/h4-10H,24H2,1-3H3,(H,25,28). The summed E-state index contributed by atoms with van der Waals surface area (Å²) in [6, 6.07) is 12.6. The second-order valence-corrected chi connectivity index (χ2v) is 9.09. The van der Waals surface area contributed by atoms with Crippen molar-refractivity contribution in [3.8, 4) is 16.9 Å². The Morgan fingerprint density at radius 1 is 1.14 bits per heavy atom. The first-order valence-electron chi connectivity index (χ1n) is 8.49. The highest BCUT2D eigenvalue weighted by molar-refractivity contribution is 9.10. The molecule has 0 bridgehead atoms. The van der Waals surface area contributed by atoms with Crippen molar-refractivity contribution in [3.05, 3.63) is 62.7 Å². The van der Waals surface area contributed by atoms with Gasteiger partial charge in [-0.05, 0) is 51.1 Å². The van der Waals surface area contributed by atoms with Crippen LogP contribution in [0.1, 0.15) is 31.3 Å². The van der Waals surface area contributed by atoms with Gasteiger partial charge in [-0.1, -0.05) is 51.3 Å². The number of carbonyl (C=O) groups is 1. The molecule has 0 unspecified atom stereocenters. The quantitative estimate of drug-likeness (QED) is 0.502. The molecule has 0 saturated heterocycles. The van der Waals surface area contributed by atoms with Gasteiger partial charge in [-0.3, -0.25) is 4.79 Å². The normalized spacial score (nSPS) is 11.5. The molecule has 28 heavy (non-hydrogen) atoms. The third-order valence-corrected chi connectivity index (χ3v) is 4.93. The highest BCUT2D eigenvalue weighted by Crippen LogP contribution is 2.35. The third-order valence-electron chi connectivity index (χ3n) is 3.88. The first kappa shape index (κ1) is 20.7. The van der Waals surface area contributed by atoms with Crippen LogP contribution in [0.25, 0.3) is 16.9 Å². The smallest absolute Gasteiger partial charge is 0.274 e. The summed E-state index contributed by atoms with van der Waals surface area (Å²) in [6.07, 6.45) is 0. The van der Waals surface area contributed by atoms with Crippen LogP contribution in [0, 0.1) is 0 Å². The van der Waals surface area contributed by atoms with Gasteiger partial charge in [-0.2, -0.15) is 5.10 Å². The van der Waals surface area contributed by atoms with E-state index in [-0.39, 0.29) is 17.3 Å². The van der Waals surface area contributed by atoms with Crippen LogP contribution in [-0.2, 0) is 0 Å². The van der Waals surface area contributed by atoms with Crippen molar-refractivity contribution in [3.63, 3.8) is 0 Å². The van der Waals surface area contributed by atoms with Gasteiger partial charge in [0, 0.05) is 20.6 Å². The lowest BCUT2D eigenvalue weighted by atomic mass is 10.1. The van der Waals surface area contributed by atoms with E-state index in [1.165, 1.54) is 0 Å². The summed E-state index contributed by atoms with van der Waals surface area (Å²) in [6.45, 7) is 5.68. The summed E-state index contributed by atoms with van der Waals surface area (Å²) in [5.41, 5.74) is 8.30. The fourth-order valence-corrected chi connectivity index (χ4v) is 3.59. The van der Waals surface area contributed by atoms with E-state index in [0.29, 0.717) is 21.4 Å². The Balaban J connectivity index is 2.23. The lowest BCUT2D eigenvalue weighted by molar-refractivity contribution is 0.0915. The molecule has 3 rings (SSSR count). The summed E-state index contributed by atoms with van der Waals surface area (Å²) in [7, 11) is 0. The van der Waals surface area contributed by atoms with Crippen LogP contribution in [0.15, 0.2) is 46.9 Å². The van der Waals surface area contributed by atoms with Crippen LogP contribution < -0.4 is 11.1 Å². The number of hydrogen-bond acceptors (Lipinski definition) is 3. The van der Waals surface area contributed by atoms with E-state index < -0.39 is 5.54 Å².